The maximum Gasteiger partial charge on any atom is 0.234 e. The third-order valence-corrected chi connectivity index (χ3v) is 5.51. The number of aromatic nitrogens is 5. The number of anilines is 2. The topological polar surface area (TPSA) is 112 Å². The molecule has 0 unspecified atom stereocenters. The van der Waals surface area contributed by atoms with E-state index in [1.165, 1.54) is 11.3 Å². The molecule has 0 aromatic carbocycles. The number of nitrogens with zero attached hydrogens (tertiary/aromatic N) is 5. The van der Waals surface area contributed by atoms with Crippen LogP contribution in [-0.2, 0) is 11.3 Å². The Morgan fingerprint density at radius 1 is 1.24 bits per heavy atom. The van der Waals surface area contributed by atoms with Gasteiger partial charge in [-0.1, -0.05) is 11.3 Å². The Kier molecular flexibility index (Phi) is 4.62. The van der Waals surface area contributed by atoms with E-state index in [4.69, 9.17) is 0 Å². The summed E-state index contributed by atoms with van der Waals surface area (Å²) in [5, 5.41) is 13.6. The number of rotatable bonds is 5. The van der Waals surface area contributed by atoms with Crippen molar-refractivity contribution in [2.24, 2.45) is 0 Å². The molecule has 1 saturated heterocycles. The van der Waals surface area contributed by atoms with E-state index in [-0.39, 0.29) is 5.91 Å². The van der Waals surface area contributed by atoms with Gasteiger partial charge >= 0.3 is 0 Å². The highest BCUT2D eigenvalue weighted by molar-refractivity contribution is 7.21. The number of thiazole rings is 1. The van der Waals surface area contributed by atoms with Crippen LogP contribution in [-0.4, -0.2) is 55.6 Å². The van der Waals surface area contributed by atoms with E-state index >= 15 is 0 Å². The predicted molar refractivity (Wildman–Crippen MR) is 111 cm³/mol. The molecule has 4 aromatic rings. The summed E-state index contributed by atoms with van der Waals surface area (Å²) in [6.45, 7) is 2.67. The van der Waals surface area contributed by atoms with Gasteiger partial charge in [-0.25, -0.2) is 15.0 Å². The summed E-state index contributed by atoms with van der Waals surface area (Å²) in [6.07, 6.45) is 5.33. The number of aromatic amines is 1. The fourth-order valence-electron chi connectivity index (χ4n) is 3.26. The summed E-state index contributed by atoms with van der Waals surface area (Å²) in [4.78, 5) is 28.2. The van der Waals surface area contributed by atoms with Gasteiger partial charge in [0.05, 0.1) is 18.4 Å². The number of nitrogens with one attached hydrogen (secondary N) is 3. The monoisotopic (exact) mass is 406 g/mol. The molecule has 0 aliphatic carbocycles. The highest BCUT2D eigenvalue weighted by atomic mass is 32.1. The van der Waals surface area contributed by atoms with Gasteiger partial charge in [0.25, 0.3) is 0 Å². The average molecular weight is 406 g/mol. The number of fused-ring (bicyclic) bond motifs is 1. The summed E-state index contributed by atoms with van der Waals surface area (Å²) >= 11 is 1.48. The molecule has 1 fully saturated rings. The largest absolute Gasteiger partial charge is 0.354 e. The second-order valence-corrected chi connectivity index (χ2v) is 7.74. The molecule has 146 valence electrons. The lowest BCUT2D eigenvalue weighted by atomic mass is 10.2. The van der Waals surface area contributed by atoms with Crippen LogP contribution in [0.25, 0.3) is 21.6 Å². The van der Waals surface area contributed by atoms with Crippen LogP contribution in [0.1, 0.15) is 5.56 Å². The number of pyridine rings is 2. The van der Waals surface area contributed by atoms with E-state index in [1.807, 2.05) is 30.5 Å². The molecule has 0 spiro atoms. The Morgan fingerprint density at radius 3 is 3.07 bits per heavy atom. The van der Waals surface area contributed by atoms with Crippen LogP contribution in [0, 0.1) is 0 Å². The van der Waals surface area contributed by atoms with Crippen LogP contribution in [0.3, 0.4) is 0 Å². The molecular weight excluding hydrogens is 388 g/mol. The number of amides is 1. The molecule has 1 aliphatic rings. The quantitative estimate of drug-likeness (QED) is 0.466. The number of hydrogen-bond acceptors (Lipinski definition) is 8. The van der Waals surface area contributed by atoms with Gasteiger partial charge in [-0.05, 0) is 29.8 Å². The zero-order chi connectivity index (χ0) is 19.6. The number of hydrogen-bond donors (Lipinski definition) is 3. The second kappa shape index (κ2) is 7.57. The van der Waals surface area contributed by atoms with Gasteiger partial charge in [-0.2, -0.15) is 5.10 Å². The van der Waals surface area contributed by atoms with E-state index in [0.717, 1.165) is 44.7 Å². The third-order valence-electron chi connectivity index (χ3n) is 4.63. The molecule has 0 radical (unpaired) electrons. The van der Waals surface area contributed by atoms with Crippen molar-refractivity contribution >= 4 is 38.5 Å². The Hall–Kier alpha value is -3.37. The molecule has 29 heavy (non-hydrogen) atoms. The molecule has 1 aliphatic heterocycles. The lowest BCUT2D eigenvalue weighted by molar-refractivity contribution is -0.124. The molecule has 0 saturated carbocycles. The Balaban J connectivity index is 1.33. The number of piperazine rings is 1. The first-order valence-corrected chi connectivity index (χ1v) is 10.0. The first-order chi connectivity index (χ1) is 14.2. The van der Waals surface area contributed by atoms with Gasteiger partial charge in [0, 0.05) is 37.6 Å². The van der Waals surface area contributed by atoms with Gasteiger partial charge in [0.1, 0.15) is 16.2 Å². The lowest BCUT2D eigenvalue weighted by Crippen LogP contribution is -2.47. The van der Waals surface area contributed by atoms with E-state index in [0.29, 0.717) is 19.6 Å². The van der Waals surface area contributed by atoms with Gasteiger partial charge in [-0.15, -0.1) is 0 Å². The molecule has 9 nitrogen and oxygen atoms in total. The third kappa shape index (κ3) is 3.93. The summed E-state index contributed by atoms with van der Waals surface area (Å²) in [6, 6.07) is 7.85. The number of carbonyl (C=O) groups excluding carboxylic acids is 1. The minimum Gasteiger partial charge on any atom is -0.354 e. The predicted octanol–water partition coefficient (Wildman–Crippen LogP) is 2.15. The van der Waals surface area contributed by atoms with Crippen molar-refractivity contribution in [2.75, 3.05) is 25.0 Å². The molecular formula is C19H18N8OS. The van der Waals surface area contributed by atoms with Crippen molar-refractivity contribution in [3.8, 4) is 11.3 Å². The van der Waals surface area contributed by atoms with Crippen molar-refractivity contribution < 1.29 is 4.79 Å². The fraction of sp³-hybridized carbons (Fsp3) is 0.211. The zero-order valence-corrected chi connectivity index (χ0v) is 16.2. The zero-order valence-electron chi connectivity index (χ0n) is 15.4. The summed E-state index contributed by atoms with van der Waals surface area (Å²) in [5.74, 6) is 0.790. The maximum absolute atomic E-state index is 11.6. The fourth-order valence-corrected chi connectivity index (χ4v) is 4.10. The maximum atomic E-state index is 11.6. The standard InChI is InChI=1S/C19H18N8OS/c28-17-11-27(6-5-21-17)10-12-3-4-20-16(7-12)26-19-25-15-2-1-14(24-18(15)29-19)13-8-22-23-9-13/h1-4,7-9H,5-6,10-11H2,(H,21,28)(H,22,23)(H,20,25,26). The van der Waals surface area contributed by atoms with Gasteiger partial charge in [-0.3, -0.25) is 14.8 Å². The smallest absolute Gasteiger partial charge is 0.234 e. The van der Waals surface area contributed by atoms with E-state index < -0.39 is 0 Å². The number of H-pyrrole nitrogens is 1. The van der Waals surface area contributed by atoms with Crippen molar-refractivity contribution in [1.29, 1.82) is 0 Å². The van der Waals surface area contributed by atoms with E-state index in [9.17, 15) is 4.79 Å². The SMILES string of the molecule is O=C1CN(Cc2ccnc(Nc3nc4ccc(-c5cn[nH]c5)nc4s3)c2)CCN1. The average Bonchev–Trinajstić information content (AvgIpc) is 3.37. The van der Waals surface area contributed by atoms with Crippen LogP contribution < -0.4 is 10.6 Å². The minimum absolute atomic E-state index is 0.0698. The van der Waals surface area contributed by atoms with Crippen LogP contribution in [0.15, 0.2) is 42.9 Å². The molecule has 0 bridgehead atoms. The van der Waals surface area contributed by atoms with Gasteiger partial charge in [0.2, 0.25) is 5.91 Å². The van der Waals surface area contributed by atoms with Crippen LogP contribution in [0.5, 0.6) is 0 Å². The van der Waals surface area contributed by atoms with Crippen LogP contribution >= 0.6 is 11.3 Å². The van der Waals surface area contributed by atoms with Crippen molar-refractivity contribution in [3.63, 3.8) is 0 Å². The summed E-state index contributed by atoms with van der Waals surface area (Å²) < 4.78 is 0. The molecule has 1 amide bonds. The number of carbonyl (C=O) groups is 1. The lowest BCUT2D eigenvalue weighted by Gasteiger charge is -2.26. The Labute approximate surface area is 170 Å². The normalized spacial score (nSPS) is 14.8. The van der Waals surface area contributed by atoms with Crippen molar-refractivity contribution in [1.82, 2.24) is 35.4 Å². The summed E-state index contributed by atoms with van der Waals surface area (Å²) in [7, 11) is 0. The highest BCUT2D eigenvalue weighted by Gasteiger charge is 2.16. The second-order valence-electron chi connectivity index (χ2n) is 6.76. The first kappa shape index (κ1) is 17.7. The van der Waals surface area contributed by atoms with E-state index in [2.05, 4.69) is 40.7 Å². The minimum atomic E-state index is 0.0698. The molecule has 5 rings (SSSR count). The summed E-state index contributed by atoms with van der Waals surface area (Å²) in [5.41, 5.74) is 3.72. The van der Waals surface area contributed by atoms with Crippen LogP contribution in [0.2, 0.25) is 0 Å². The van der Waals surface area contributed by atoms with Gasteiger partial charge < -0.3 is 10.6 Å². The van der Waals surface area contributed by atoms with Crippen molar-refractivity contribution in [3.05, 3.63) is 48.4 Å². The molecule has 5 heterocycles. The first-order valence-electron chi connectivity index (χ1n) is 9.21. The van der Waals surface area contributed by atoms with Crippen molar-refractivity contribution in [2.45, 2.75) is 6.54 Å². The van der Waals surface area contributed by atoms with Crippen LogP contribution in [0.4, 0.5) is 10.9 Å². The highest BCUT2D eigenvalue weighted by Crippen LogP contribution is 2.29. The Morgan fingerprint density at radius 2 is 2.21 bits per heavy atom. The molecule has 0 atom stereocenters. The molecule has 3 N–H and O–H groups in total. The molecule has 4 aromatic heterocycles. The Bertz CT molecular complexity index is 1160. The molecule has 10 heteroatoms. The van der Waals surface area contributed by atoms with Gasteiger partial charge in [0.15, 0.2) is 5.13 Å². The van der Waals surface area contributed by atoms with E-state index in [1.54, 1.807) is 12.4 Å².